The highest BCUT2D eigenvalue weighted by Gasteiger charge is 2.39. The van der Waals surface area contributed by atoms with E-state index in [9.17, 15) is 4.79 Å². The Hall–Kier alpha value is -0.320. The van der Waals surface area contributed by atoms with Gasteiger partial charge in [-0.1, -0.05) is 0 Å². The molecule has 4 unspecified atom stereocenters. The molecule has 1 amide bonds. The van der Waals surface area contributed by atoms with Crippen LogP contribution in [-0.2, 0) is 9.53 Å². The lowest BCUT2D eigenvalue weighted by Gasteiger charge is -2.33. The van der Waals surface area contributed by atoms with E-state index in [2.05, 4.69) is 10.6 Å². The normalized spacial score (nSPS) is 38.9. The van der Waals surface area contributed by atoms with E-state index in [1.165, 1.54) is 12.8 Å². The molecule has 2 heterocycles. The van der Waals surface area contributed by atoms with Crippen LogP contribution < -0.4 is 10.6 Å². The molecule has 18 heavy (non-hydrogen) atoms. The first kappa shape index (κ1) is 14.1. The second kappa shape index (κ2) is 6.22. The standard InChI is InChI=1S/C13H22N2O2.ClH/c16-13(11-4-2-7-14-11)15-10-3-1-5-12-9(10)6-8-17-12;/h9-12,14H,1-8H2,(H,15,16);1H. The van der Waals surface area contributed by atoms with Gasteiger partial charge in [-0.05, 0) is 45.1 Å². The largest absolute Gasteiger partial charge is 0.378 e. The van der Waals surface area contributed by atoms with Crippen molar-refractivity contribution in [3.05, 3.63) is 0 Å². The molecule has 0 aromatic rings. The molecule has 0 bridgehead atoms. The molecular formula is C13H23ClN2O2. The van der Waals surface area contributed by atoms with E-state index in [-0.39, 0.29) is 24.4 Å². The average Bonchev–Trinajstić information content (AvgIpc) is 3.00. The number of hydrogen-bond acceptors (Lipinski definition) is 3. The Morgan fingerprint density at radius 1 is 1.17 bits per heavy atom. The van der Waals surface area contributed by atoms with Gasteiger partial charge in [-0.2, -0.15) is 0 Å². The molecule has 2 N–H and O–H groups in total. The van der Waals surface area contributed by atoms with Crippen molar-refractivity contribution in [3.63, 3.8) is 0 Å². The van der Waals surface area contributed by atoms with Crippen molar-refractivity contribution in [1.29, 1.82) is 0 Å². The highest BCUT2D eigenvalue weighted by Crippen LogP contribution is 2.34. The van der Waals surface area contributed by atoms with Crippen molar-refractivity contribution in [2.24, 2.45) is 5.92 Å². The van der Waals surface area contributed by atoms with Crippen molar-refractivity contribution in [3.8, 4) is 0 Å². The van der Waals surface area contributed by atoms with Gasteiger partial charge < -0.3 is 15.4 Å². The van der Waals surface area contributed by atoms with Crippen LogP contribution in [0.4, 0.5) is 0 Å². The molecule has 0 aromatic carbocycles. The maximum atomic E-state index is 12.1. The number of nitrogens with one attached hydrogen (secondary N) is 2. The number of halogens is 1. The fourth-order valence-corrected chi connectivity index (χ4v) is 3.55. The predicted molar refractivity (Wildman–Crippen MR) is 71.9 cm³/mol. The minimum Gasteiger partial charge on any atom is -0.378 e. The number of amides is 1. The Kier molecular flexibility index (Phi) is 4.87. The summed E-state index contributed by atoms with van der Waals surface area (Å²) in [4.78, 5) is 12.1. The molecule has 0 radical (unpaired) electrons. The van der Waals surface area contributed by atoms with Crippen LogP contribution in [0.25, 0.3) is 0 Å². The van der Waals surface area contributed by atoms with Crippen LogP contribution in [0.3, 0.4) is 0 Å². The van der Waals surface area contributed by atoms with Crippen LogP contribution in [-0.4, -0.2) is 37.2 Å². The third-order valence-electron chi connectivity index (χ3n) is 4.49. The van der Waals surface area contributed by atoms with E-state index in [1.54, 1.807) is 0 Å². The summed E-state index contributed by atoms with van der Waals surface area (Å²) in [6.07, 6.45) is 7.13. The molecule has 1 aliphatic carbocycles. The van der Waals surface area contributed by atoms with Crippen molar-refractivity contribution in [2.45, 2.75) is 56.7 Å². The van der Waals surface area contributed by atoms with Crippen LogP contribution in [0.5, 0.6) is 0 Å². The zero-order valence-corrected chi connectivity index (χ0v) is 11.5. The molecule has 4 atom stereocenters. The predicted octanol–water partition coefficient (Wildman–Crippen LogP) is 1.23. The van der Waals surface area contributed by atoms with Gasteiger partial charge in [0.15, 0.2) is 0 Å². The Morgan fingerprint density at radius 2 is 2.06 bits per heavy atom. The van der Waals surface area contributed by atoms with E-state index in [4.69, 9.17) is 4.74 Å². The molecule has 2 aliphatic heterocycles. The van der Waals surface area contributed by atoms with Crippen molar-refractivity contribution in [2.75, 3.05) is 13.2 Å². The first-order valence-electron chi connectivity index (χ1n) is 7.00. The van der Waals surface area contributed by atoms with Crippen molar-refractivity contribution < 1.29 is 9.53 Å². The van der Waals surface area contributed by atoms with Crippen molar-refractivity contribution in [1.82, 2.24) is 10.6 Å². The summed E-state index contributed by atoms with van der Waals surface area (Å²) in [5.41, 5.74) is 0. The minimum absolute atomic E-state index is 0. The first-order chi connectivity index (χ1) is 8.34. The van der Waals surface area contributed by atoms with E-state index in [0.717, 1.165) is 38.8 Å². The van der Waals surface area contributed by atoms with Gasteiger partial charge in [-0.15, -0.1) is 12.4 Å². The van der Waals surface area contributed by atoms with Gasteiger partial charge in [0.1, 0.15) is 0 Å². The lowest BCUT2D eigenvalue weighted by Crippen LogP contribution is -2.50. The fourth-order valence-electron chi connectivity index (χ4n) is 3.55. The summed E-state index contributed by atoms with van der Waals surface area (Å²) in [7, 11) is 0. The lowest BCUT2D eigenvalue weighted by molar-refractivity contribution is -0.124. The summed E-state index contributed by atoms with van der Waals surface area (Å²) in [5, 5.41) is 6.51. The van der Waals surface area contributed by atoms with Gasteiger partial charge in [-0.3, -0.25) is 4.79 Å². The summed E-state index contributed by atoms with van der Waals surface area (Å²) in [6.45, 7) is 1.86. The molecule has 4 nitrogen and oxygen atoms in total. The molecule has 2 saturated heterocycles. The smallest absolute Gasteiger partial charge is 0.237 e. The van der Waals surface area contributed by atoms with Crippen molar-refractivity contribution >= 4 is 18.3 Å². The topological polar surface area (TPSA) is 50.4 Å². The maximum Gasteiger partial charge on any atom is 0.237 e. The number of rotatable bonds is 2. The van der Waals surface area contributed by atoms with Crippen LogP contribution in [0.15, 0.2) is 0 Å². The molecule has 1 saturated carbocycles. The van der Waals surface area contributed by atoms with Crippen LogP contribution in [0.2, 0.25) is 0 Å². The number of hydrogen-bond donors (Lipinski definition) is 2. The minimum atomic E-state index is 0. The Morgan fingerprint density at radius 3 is 2.83 bits per heavy atom. The van der Waals surface area contributed by atoms with E-state index >= 15 is 0 Å². The third-order valence-corrected chi connectivity index (χ3v) is 4.49. The summed E-state index contributed by atoms with van der Waals surface area (Å²) in [6, 6.07) is 0.406. The Bertz CT molecular complexity index is 295. The summed E-state index contributed by atoms with van der Waals surface area (Å²) >= 11 is 0. The summed E-state index contributed by atoms with van der Waals surface area (Å²) in [5.74, 6) is 0.772. The maximum absolute atomic E-state index is 12.1. The quantitative estimate of drug-likeness (QED) is 0.796. The van der Waals surface area contributed by atoms with Crippen LogP contribution >= 0.6 is 12.4 Å². The molecule has 0 aromatic heterocycles. The fraction of sp³-hybridized carbons (Fsp3) is 0.923. The average molecular weight is 275 g/mol. The zero-order chi connectivity index (χ0) is 11.7. The second-order valence-corrected chi connectivity index (χ2v) is 5.56. The monoisotopic (exact) mass is 274 g/mol. The summed E-state index contributed by atoms with van der Waals surface area (Å²) < 4.78 is 5.73. The van der Waals surface area contributed by atoms with E-state index < -0.39 is 0 Å². The van der Waals surface area contributed by atoms with Gasteiger partial charge >= 0.3 is 0 Å². The van der Waals surface area contributed by atoms with E-state index in [1.807, 2.05) is 0 Å². The van der Waals surface area contributed by atoms with Gasteiger partial charge in [-0.25, -0.2) is 0 Å². The molecule has 3 rings (SSSR count). The van der Waals surface area contributed by atoms with Crippen LogP contribution in [0.1, 0.15) is 38.5 Å². The highest BCUT2D eigenvalue weighted by atomic mass is 35.5. The number of carbonyl (C=O) groups is 1. The molecule has 0 spiro atoms. The van der Waals surface area contributed by atoms with Gasteiger partial charge in [0.05, 0.1) is 12.1 Å². The molecule has 3 fully saturated rings. The highest BCUT2D eigenvalue weighted by molar-refractivity contribution is 5.85. The molecule has 3 aliphatic rings. The SMILES string of the molecule is Cl.O=C(NC1CCCC2OCCC12)C1CCCN1. The van der Waals surface area contributed by atoms with Crippen LogP contribution in [0, 0.1) is 5.92 Å². The second-order valence-electron chi connectivity index (χ2n) is 5.56. The Balaban J connectivity index is 0.00000120. The third kappa shape index (κ3) is 2.81. The molecular weight excluding hydrogens is 252 g/mol. The lowest BCUT2D eigenvalue weighted by atomic mass is 9.81. The number of carbonyl (C=O) groups excluding carboxylic acids is 1. The van der Waals surface area contributed by atoms with Gasteiger partial charge in [0.25, 0.3) is 0 Å². The zero-order valence-electron chi connectivity index (χ0n) is 10.7. The Labute approximate surface area is 115 Å². The first-order valence-corrected chi connectivity index (χ1v) is 7.00. The molecule has 104 valence electrons. The van der Waals surface area contributed by atoms with Gasteiger partial charge in [0.2, 0.25) is 5.91 Å². The van der Waals surface area contributed by atoms with E-state index in [0.29, 0.717) is 18.1 Å². The number of fused-ring (bicyclic) bond motifs is 1. The van der Waals surface area contributed by atoms with Gasteiger partial charge in [0, 0.05) is 18.6 Å². The number of ether oxygens (including phenoxy) is 1. The molecule has 5 heteroatoms.